The van der Waals surface area contributed by atoms with Crippen molar-refractivity contribution in [3.63, 3.8) is 0 Å². The summed E-state index contributed by atoms with van der Waals surface area (Å²) in [6, 6.07) is 5.54. The van der Waals surface area contributed by atoms with Crippen molar-refractivity contribution in [2.45, 2.75) is 222 Å². The molecule has 3 heteroatoms. The van der Waals surface area contributed by atoms with Crippen molar-refractivity contribution in [2.75, 3.05) is 0 Å². The van der Waals surface area contributed by atoms with E-state index in [-0.39, 0.29) is 5.41 Å². The van der Waals surface area contributed by atoms with E-state index >= 15 is 0 Å². The van der Waals surface area contributed by atoms with Crippen LogP contribution < -0.4 is 2.89 Å². The second-order valence-electron chi connectivity index (χ2n) is 17.2. The van der Waals surface area contributed by atoms with Crippen molar-refractivity contribution in [1.82, 2.24) is 0 Å². The van der Waals surface area contributed by atoms with Gasteiger partial charge in [-0.25, -0.2) is 0 Å². The van der Waals surface area contributed by atoms with Gasteiger partial charge in [0.15, 0.2) is 0 Å². The second-order valence-corrected chi connectivity index (χ2v) is 35.0. The van der Waals surface area contributed by atoms with Crippen LogP contribution in [0.4, 0.5) is 0 Å². The first-order chi connectivity index (χ1) is 23.2. The average molecular weight is 804 g/mol. The third-order valence-corrected chi connectivity index (χ3v) is 23.5. The summed E-state index contributed by atoms with van der Waals surface area (Å²) >= 11 is 2.18. The molecule has 0 bridgehead atoms. The fourth-order valence-corrected chi connectivity index (χ4v) is 16.5. The van der Waals surface area contributed by atoms with E-state index in [9.17, 15) is 0 Å². The Morgan fingerprint density at radius 2 is 0.854 bits per heavy atom. The number of fused-ring (bicyclic) bond motifs is 3. The van der Waals surface area contributed by atoms with E-state index in [1.54, 1.807) is 20.2 Å². The first-order valence-electron chi connectivity index (χ1n) is 21.5. The molecule has 0 N–H and O–H groups in total. The Morgan fingerprint density at radius 1 is 0.500 bits per heavy atom. The molecule has 1 aliphatic carbocycles. The predicted octanol–water partition coefficient (Wildman–Crippen LogP) is 16.4. The molecule has 276 valence electrons. The van der Waals surface area contributed by atoms with Gasteiger partial charge in [0.05, 0.1) is 0 Å². The Hall–Kier alpha value is 0.199. The van der Waals surface area contributed by atoms with E-state index < -0.39 is 18.4 Å². The zero-order valence-electron chi connectivity index (χ0n) is 33.5. The van der Waals surface area contributed by atoms with Crippen LogP contribution in [0, 0.1) is 18.8 Å². The van der Waals surface area contributed by atoms with E-state index in [2.05, 4.69) is 84.2 Å². The molecule has 0 saturated carbocycles. The van der Waals surface area contributed by atoms with Gasteiger partial charge in [-0.2, -0.15) is 0 Å². The molecule has 0 nitrogen and oxygen atoms in total. The minimum atomic E-state index is -2.22. The van der Waals surface area contributed by atoms with Crippen LogP contribution in [0.3, 0.4) is 0 Å². The van der Waals surface area contributed by atoms with Gasteiger partial charge < -0.3 is 0 Å². The molecule has 2 atom stereocenters. The van der Waals surface area contributed by atoms with Gasteiger partial charge in [-0.15, -0.1) is 0 Å². The molecule has 2 unspecified atom stereocenters. The van der Waals surface area contributed by atoms with E-state index in [1.807, 2.05) is 8.46 Å². The summed E-state index contributed by atoms with van der Waals surface area (Å²) in [7, 11) is 0. The molecule has 3 rings (SSSR count). The van der Waals surface area contributed by atoms with Crippen molar-refractivity contribution < 1.29 is 0 Å². The quantitative estimate of drug-likeness (QED) is 0.0568. The molecule has 2 aromatic heterocycles. The summed E-state index contributed by atoms with van der Waals surface area (Å²) < 4.78 is 1.82. The zero-order valence-corrected chi connectivity index (χ0v) is 38.0. The minimum absolute atomic E-state index is 0.247. The predicted molar refractivity (Wildman–Crippen MR) is 226 cm³/mol. The van der Waals surface area contributed by atoms with Crippen LogP contribution in [0.15, 0.2) is 12.1 Å². The molecule has 0 aromatic carbocycles. The summed E-state index contributed by atoms with van der Waals surface area (Å²) in [5, 5.41) is 0. The third kappa shape index (κ3) is 13.3. The molecule has 0 fully saturated rings. The van der Waals surface area contributed by atoms with Gasteiger partial charge in [-0.05, 0) is 0 Å². The number of hydrogen-bond acceptors (Lipinski definition) is 2. The van der Waals surface area contributed by atoms with Crippen LogP contribution in [-0.4, -0.2) is 18.4 Å². The molecular weight excluding hydrogens is 723 g/mol. The topological polar surface area (TPSA) is 0 Å². The fourth-order valence-electron chi connectivity index (χ4n) is 8.82. The maximum atomic E-state index is 2.84. The molecule has 1 aliphatic rings. The van der Waals surface area contributed by atoms with E-state index in [0.717, 1.165) is 11.8 Å². The Balaban J connectivity index is 1.99. The van der Waals surface area contributed by atoms with Crippen LogP contribution in [0.1, 0.15) is 211 Å². The van der Waals surface area contributed by atoms with Crippen LogP contribution in [0.5, 0.6) is 0 Å². The van der Waals surface area contributed by atoms with Gasteiger partial charge in [0, 0.05) is 0 Å². The van der Waals surface area contributed by atoms with Crippen LogP contribution in [-0.2, 0) is 5.41 Å². The summed E-state index contributed by atoms with van der Waals surface area (Å²) in [6.07, 6.45) is 37.1. The number of thiophene rings is 2. The van der Waals surface area contributed by atoms with Crippen LogP contribution >= 0.6 is 22.7 Å². The fraction of sp³-hybridized carbons (Fsp3) is 0.822. The molecule has 2 heterocycles. The van der Waals surface area contributed by atoms with Crippen molar-refractivity contribution in [3.05, 3.63) is 28.1 Å². The number of aryl methyl sites for hydroxylation is 1. The molecule has 0 amide bonds. The zero-order chi connectivity index (χ0) is 34.8. The first kappa shape index (κ1) is 42.6. The normalized spacial score (nSPS) is 17.2. The summed E-state index contributed by atoms with van der Waals surface area (Å²) in [5.74, 6) is 1.73. The maximum absolute atomic E-state index is 2.84. The van der Waals surface area contributed by atoms with Crippen molar-refractivity contribution in [2.24, 2.45) is 11.8 Å². The Bertz CT molecular complexity index is 1080. The molecule has 0 saturated heterocycles. The Labute approximate surface area is 313 Å². The molecular formula is C45H80S2Sn. The molecule has 0 radical (unpaired) electrons. The van der Waals surface area contributed by atoms with E-state index in [1.165, 1.54) is 167 Å². The van der Waals surface area contributed by atoms with Gasteiger partial charge in [0.2, 0.25) is 0 Å². The van der Waals surface area contributed by atoms with E-state index in [0.29, 0.717) is 0 Å². The number of hydrogen-bond donors (Lipinski definition) is 0. The average Bonchev–Trinajstić information content (AvgIpc) is 3.73. The second kappa shape index (κ2) is 23.0. The monoisotopic (exact) mass is 804 g/mol. The van der Waals surface area contributed by atoms with Crippen molar-refractivity contribution in [3.8, 4) is 9.75 Å². The van der Waals surface area contributed by atoms with Crippen molar-refractivity contribution in [1.29, 1.82) is 0 Å². The van der Waals surface area contributed by atoms with Crippen LogP contribution in [0.2, 0.25) is 14.8 Å². The molecule has 0 aliphatic heterocycles. The first-order valence-corrected chi connectivity index (χ1v) is 33.1. The molecule has 0 spiro atoms. The molecule has 2 aromatic rings. The summed E-state index contributed by atoms with van der Waals surface area (Å²) in [4.78, 5) is 12.9. The Morgan fingerprint density at radius 3 is 1.27 bits per heavy atom. The standard InChI is InChI=1S/C42H71S2.3CH3.Sn/c1-6-10-14-18-20-24-28-36(26-22-16-12-8-3)33-42(38-30-31-43-40(38)41-39(42)32-35(5)44-41)34-37(27-23-17-13-9-4)29-25-21-19-15-11-7-2;;;;/h30,32,36-37H,6-29,33-34H2,1-5H3;3*1H3;. The Kier molecular flexibility index (Phi) is 20.4. The summed E-state index contributed by atoms with van der Waals surface area (Å²) in [5.41, 5.74) is 3.85. The number of unbranched alkanes of at least 4 members (excludes halogenated alkanes) is 16. The van der Waals surface area contributed by atoms with Gasteiger partial charge in [0.1, 0.15) is 0 Å². The van der Waals surface area contributed by atoms with Gasteiger partial charge in [-0.3, -0.25) is 0 Å². The van der Waals surface area contributed by atoms with Gasteiger partial charge >= 0.3 is 289 Å². The third-order valence-electron chi connectivity index (χ3n) is 11.7. The van der Waals surface area contributed by atoms with E-state index in [4.69, 9.17) is 0 Å². The van der Waals surface area contributed by atoms with Gasteiger partial charge in [-0.1, -0.05) is 26.7 Å². The van der Waals surface area contributed by atoms with Crippen LogP contribution in [0.25, 0.3) is 9.75 Å². The van der Waals surface area contributed by atoms with Gasteiger partial charge in [0.25, 0.3) is 0 Å². The summed E-state index contributed by atoms with van der Waals surface area (Å²) in [6.45, 7) is 11.9. The number of rotatable bonds is 29. The van der Waals surface area contributed by atoms with Crippen molar-refractivity contribution >= 4 is 43.9 Å². The molecule has 48 heavy (non-hydrogen) atoms. The SMILES string of the molecule is CCCCCCCCC(CCCCCC)CC1(CC(CCCCCC)CCCCCCCC)c2cc(C)sc2-c2s[c]([Sn]([CH3])([CH3])[CH3])cc21.